The van der Waals surface area contributed by atoms with Crippen LogP contribution in [0.1, 0.15) is 31.4 Å². The fourth-order valence-corrected chi connectivity index (χ4v) is 4.31. The molecule has 2 N–H and O–H groups in total. The highest BCUT2D eigenvalue weighted by atomic mass is 16.2. The van der Waals surface area contributed by atoms with Crippen LogP contribution in [0.5, 0.6) is 0 Å². The third-order valence-electron chi connectivity index (χ3n) is 6.15. The number of hydrogen-bond donors (Lipinski definition) is 1. The molecule has 5 rings (SSSR count). The summed E-state index contributed by atoms with van der Waals surface area (Å²) >= 11 is 0. The molecule has 2 radical (unpaired) electrons. The molecule has 32 heavy (non-hydrogen) atoms. The molecule has 0 unspecified atom stereocenters. The van der Waals surface area contributed by atoms with Crippen LogP contribution in [0.25, 0.3) is 28.0 Å². The Morgan fingerprint density at radius 1 is 1.12 bits per heavy atom. The summed E-state index contributed by atoms with van der Waals surface area (Å²) in [5.74, 6) is 0.622. The zero-order chi connectivity index (χ0) is 22.4. The monoisotopic (exact) mass is 426 g/mol. The number of carbonyl (C=O) groups is 1. The largest absolute Gasteiger partial charge is 0.384 e. The highest BCUT2D eigenvalue weighted by Gasteiger charge is 2.26. The van der Waals surface area contributed by atoms with Crippen LogP contribution < -0.4 is 11.2 Å². The molecular weight excluding hydrogens is 403 g/mol. The van der Waals surface area contributed by atoms with Gasteiger partial charge >= 0.3 is 0 Å². The van der Waals surface area contributed by atoms with Crippen LogP contribution in [-0.2, 0) is 11.8 Å². The van der Waals surface area contributed by atoms with Crippen LogP contribution >= 0.6 is 0 Å². The number of nitrogen functional groups attached to an aromatic ring is 1. The highest BCUT2D eigenvalue weighted by Crippen LogP contribution is 2.30. The number of aromatic nitrogens is 6. The fraction of sp³-hybridized carbons (Fsp3) is 0.318. The molecule has 10 heteroatoms. The van der Waals surface area contributed by atoms with E-state index < -0.39 is 0 Å². The summed E-state index contributed by atoms with van der Waals surface area (Å²) in [5.41, 5.74) is 11.7. The van der Waals surface area contributed by atoms with Crippen LogP contribution in [-0.4, -0.2) is 61.1 Å². The van der Waals surface area contributed by atoms with Gasteiger partial charge in [0, 0.05) is 67.8 Å². The van der Waals surface area contributed by atoms with E-state index in [1.165, 1.54) is 0 Å². The highest BCUT2D eigenvalue weighted by molar-refractivity contribution is 6.36. The number of anilines is 1. The van der Waals surface area contributed by atoms with Crippen LogP contribution in [0.4, 0.5) is 5.82 Å². The van der Waals surface area contributed by atoms with Crippen LogP contribution in [0.15, 0.2) is 36.9 Å². The normalized spacial score (nSPS) is 14.9. The van der Waals surface area contributed by atoms with Gasteiger partial charge in [-0.05, 0) is 24.4 Å². The second kappa shape index (κ2) is 7.78. The van der Waals surface area contributed by atoms with E-state index in [9.17, 15) is 4.79 Å². The predicted molar refractivity (Wildman–Crippen MR) is 122 cm³/mol. The van der Waals surface area contributed by atoms with Crippen LogP contribution in [0.2, 0.25) is 0 Å². The lowest BCUT2D eigenvalue weighted by Gasteiger charge is -2.32. The second-order valence-corrected chi connectivity index (χ2v) is 8.20. The molecule has 0 atom stereocenters. The van der Waals surface area contributed by atoms with E-state index in [1.54, 1.807) is 34.7 Å². The molecule has 4 aromatic heterocycles. The molecule has 1 aliphatic rings. The Hall–Kier alpha value is -3.69. The Kier molecular flexibility index (Phi) is 4.92. The standard InChI is InChI=1S/C22H23BN8O/c1-13(32)30-7-5-14(6-8-30)20-19(23)21(24)31-22(28-20)17(11-27-31)15-3-4-18(25-9-15)16-10-26-29(2)12-16/h3-4,9-12,14H,5-8,24H2,1-2H3. The van der Waals surface area contributed by atoms with E-state index in [0.29, 0.717) is 30.0 Å². The molecule has 1 fully saturated rings. The molecule has 0 aliphatic carbocycles. The summed E-state index contributed by atoms with van der Waals surface area (Å²) in [6, 6.07) is 3.94. The molecule has 9 nitrogen and oxygen atoms in total. The Labute approximate surface area is 186 Å². The maximum atomic E-state index is 11.7. The first kappa shape index (κ1) is 20.2. The lowest BCUT2D eigenvalue weighted by Crippen LogP contribution is -2.38. The molecule has 0 aromatic carbocycles. The molecule has 4 aromatic rings. The Morgan fingerprint density at radius 2 is 1.91 bits per heavy atom. The third kappa shape index (κ3) is 3.41. The second-order valence-electron chi connectivity index (χ2n) is 8.20. The average Bonchev–Trinajstić information content (AvgIpc) is 3.43. The summed E-state index contributed by atoms with van der Waals surface area (Å²) in [5, 5.41) is 8.61. The number of nitrogens with zero attached hydrogens (tertiary/aromatic N) is 7. The zero-order valence-electron chi connectivity index (χ0n) is 18.1. The number of piperidine rings is 1. The minimum atomic E-state index is 0.0969. The van der Waals surface area contributed by atoms with E-state index in [1.807, 2.05) is 30.3 Å². The summed E-state index contributed by atoms with van der Waals surface area (Å²) in [4.78, 5) is 23.0. The molecule has 0 spiro atoms. The minimum absolute atomic E-state index is 0.0969. The SMILES string of the molecule is [B]c1c(C2CCN(C(C)=O)CC2)nc2c(-c3ccc(-c4cnn(C)c4)nc3)cnn2c1N. The number of pyridine rings is 1. The molecule has 1 amide bonds. The average molecular weight is 426 g/mol. The molecule has 5 heterocycles. The summed E-state index contributed by atoms with van der Waals surface area (Å²) in [7, 11) is 8.23. The van der Waals surface area contributed by atoms with E-state index in [-0.39, 0.29) is 11.8 Å². The summed E-state index contributed by atoms with van der Waals surface area (Å²) in [6.07, 6.45) is 8.85. The predicted octanol–water partition coefficient (Wildman–Crippen LogP) is 1.29. The number of likely N-dealkylation sites (tertiary alicyclic amines) is 1. The van der Waals surface area contributed by atoms with E-state index >= 15 is 0 Å². The fourth-order valence-electron chi connectivity index (χ4n) is 4.31. The zero-order valence-corrected chi connectivity index (χ0v) is 18.1. The van der Waals surface area contributed by atoms with Gasteiger partial charge in [0.1, 0.15) is 13.7 Å². The van der Waals surface area contributed by atoms with Gasteiger partial charge in [0.05, 0.1) is 18.1 Å². The van der Waals surface area contributed by atoms with Crippen molar-refractivity contribution in [3.05, 3.63) is 42.6 Å². The van der Waals surface area contributed by atoms with Crippen molar-refractivity contribution < 1.29 is 4.79 Å². The smallest absolute Gasteiger partial charge is 0.219 e. The Morgan fingerprint density at radius 3 is 2.53 bits per heavy atom. The number of fused-ring (bicyclic) bond motifs is 1. The van der Waals surface area contributed by atoms with Gasteiger partial charge in [-0.1, -0.05) is 6.07 Å². The van der Waals surface area contributed by atoms with Crippen molar-refractivity contribution in [1.82, 2.24) is 34.3 Å². The van der Waals surface area contributed by atoms with Crippen molar-refractivity contribution in [2.24, 2.45) is 7.05 Å². The molecular formula is C22H23BN8O. The van der Waals surface area contributed by atoms with Gasteiger partial charge in [0.15, 0.2) is 5.65 Å². The van der Waals surface area contributed by atoms with E-state index in [0.717, 1.165) is 40.9 Å². The van der Waals surface area contributed by atoms with Gasteiger partial charge in [-0.3, -0.25) is 14.5 Å². The van der Waals surface area contributed by atoms with Crippen molar-refractivity contribution in [1.29, 1.82) is 0 Å². The lowest BCUT2D eigenvalue weighted by atomic mass is 9.83. The Balaban J connectivity index is 1.51. The van der Waals surface area contributed by atoms with Crippen molar-refractivity contribution in [2.45, 2.75) is 25.7 Å². The van der Waals surface area contributed by atoms with E-state index in [2.05, 4.69) is 15.2 Å². The molecule has 0 bridgehead atoms. The number of rotatable bonds is 3. The molecule has 1 saturated heterocycles. The quantitative estimate of drug-likeness (QED) is 0.495. The number of amides is 1. The van der Waals surface area contributed by atoms with E-state index in [4.69, 9.17) is 18.6 Å². The lowest BCUT2D eigenvalue weighted by molar-refractivity contribution is -0.129. The first-order valence-electron chi connectivity index (χ1n) is 10.6. The number of carbonyl (C=O) groups excluding carboxylic acids is 1. The summed E-state index contributed by atoms with van der Waals surface area (Å²) < 4.78 is 3.32. The first-order chi connectivity index (χ1) is 15.4. The molecule has 1 aliphatic heterocycles. The van der Waals surface area contributed by atoms with Gasteiger partial charge in [0.2, 0.25) is 5.91 Å². The minimum Gasteiger partial charge on any atom is -0.384 e. The van der Waals surface area contributed by atoms with Crippen LogP contribution in [0, 0.1) is 0 Å². The van der Waals surface area contributed by atoms with Crippen LogP contribution in [0.3, 0.4) is 0 Å². The van der Waals surface area contributed by atoms with Gasteiger partial charge in [-0.25, -0.2) is 4.98 Å². The maximum absolute atomic E-state index is 11.7. The summed E-state index contributed by atoms with van der Waals surface area (Å²) in [6.45, 7) is 2.99. The van der Waals surface area contributed by atoms with Crippen molar-refractivity contribution in [3.8, 4) is 22.4 Å². The van der Waals surface area contributed by atoms with Crippen molar-refractivity contribution in [2.75, 3.05) is 18.8 Å². The topological polar surface area (TPSA) is 107 Å². The number of aryl methyl sites for hydroxylation is 1. The number of hydrogen-bond acceptors (Lipinski definition) is 6. The van der Waals surface area contributed by atoms with Gasteiger partial charge in [0.25, 0.3) is 0 Å². The van der Waals surface area contributed by atoms with Gasteiger partial charge < -0.3 is 10.6 Å². The van der Waals surface area contributed by atoms with Crippen molar-refractivity contribution in [3.63, 3.8) is 0 Å². The number of nitrogens with two attached hydrogens (primary N) is 1. The van der Waals surface area contributed by atoms with Gasteiger partial charge in [-0.15, -0.1) is 0 Å². The third-order valence-corrected chi connectivity index (χ3v) is 6.15. The molecule has 0 saturated carbocycles. The van der Waals surface area contributed by atoms with Gasteiger partial charge in [-0.2, -0.15) is 14.7 Å². The Bertz CT molecular complexity index is 1300. The molecule has 160 valence electrons. The first-order valence-corrected chi connectivity index (χ1v) is 10.6. The van der Waals surface area contributed by atoms with Crippen molar-refractivity contribution >= 4 is 30.7 Å². The maximum Gasteiger partial charge on any atom is 0.219 e.